The number of amides is 1. The molecule has 0 aliphatic carbocycles. The van der Waals surface area contributed by atoms with Crippen LogP contribution in [-0.2, 0) is 34.9 Å². The largest absolute Gasteiger partial charge is 0.491 e. The Morgan fingerprint density at radius 3 is 2.03 bits per heavy atom. The molecule has 0 aromatic heterocycles. The molecule has 9 nitrogen and oxygen atoms in total. The van der Waals surface area contributed by atoms with Gasteiger partial charge in [0.05, 0.1) is 40.1 Å². The Labute approximate surface area is 184 Å². The molecule has 0 bridgehead atoms. The van der Waals surface area contributed by atoms with Crippen molar-refractivity contribution in [3.8, 4) is 5.75 Å². The Bertz CT molecular complexity index is 642. The van der Waals surface area contributed by atoms with E-state index in [0.717, 1.165) is 5.56 Å². The first-order valence-electron chi connectivity index (χ1n) is 10.2. The number of benzene rings is 1. The predicted octanol–water partition coefficient (Wildman–Crippen LogP) is 2.35. The molecule has 0 radical (unpaired) electrons. The Morgan fingerprint density at radius 2 is 1.48 bits per heavy atom. The fraction of sp³-hybridized carbons (Fsp3) is 0.636. The molecule has 0 aliphatic rings. The third-order valence-electron chi connectivity index (χ3n) is 3.84. The van der Waals surface area contributed by atoms with Gasteiger partial charge in [0.1, 0.15) is 24.0 Å². The van der Waals surface area contributed by atoms with Gasteiger partial charge < -0.3 is 33.7 Å². The van der Waals surface area contributed by atoms with E-state index in [4.69, 9.17) is 28.4 Å². The zero-order chi connectivity index (χ0) is 23.1. The molecule has 1 atom stereocenters. The minimum Gasteiger partial charge on any atom is -0.491 e. The number of hydrogen-bond donors (Lipinski definition) is 1. The van der Waals surface area contributed by atoms with Gasteiger partial charge in [-0.2, -0.15) is 0 Å². The normalized spacial score (nSPS) is 12.2. The molecular formula is C22H35NO8. The molecule has 9 heteroatoms. The molecule has 0 unspecified atom stereocenters. The van der Waals surface area contributed by atoms with E-state index in [1.165, 1.54) is 7.11 Å². The van der Waals surface area contributed by atoms with Crippen LogP contribution in [0, 0.1) is 0 Å². The summed E-state index contributed by atoms with van der Waals surface area (Å²) < 4.78 is 31.2. The maximum absolute atomic E-state index is 12.0. The number of nitrogens with one attached hydrogen (secondary N) is 1. The molecule has 0 fully saturated rings. The molecule has 0 spiro atoms. The summed E-state index contributed by atoms with van der Waals surface area (Å²) in [7, 11) is 2.90. The van der Waals surface area contributed by atoms with Crippen molar-refractivity contribution in [3.63, 3.8) is 0 Å². The van der Waals surface area contributed by atoms with Crippen LogP contribution in [0.3, 0.4) is 0 Å². The molecule has 176 valence electrons. The number of methoxy groups -OCH3 is 2. The number of carbonyl (C=O) groups is 2. The highest BCUT2D eigenvalue weighted by Crippen LogP contribution is 2.14. The van der Waals surface area contributed by atoms with Crippen LogP contribution in [0.2, 0.25) is 0 Å². The highest BCUT2D eigenvalue weighted by atomic mass is 16.6. The van der Waals surface area contributed by atoms with E-state index in [1.54, 1.807) is 40.0 Å². The number of ether oxygens (including phenoxy) is 6. The van der Waals surface area contributed by atoms with E-state index in [0.29, 0.717) is 45.4 Å². The lowest BCUT2D eigenvalue weighted by molar-refractivity contribution is -0.143. The lowest BCUT2D eigenvalue weighted by atomic mass is 10.1. The summed E-state index contributed by atoms with van der Waals surface area (Å²) in [6.07, 6.45) is -0.412. The number of carbonyl (C=O) groups excluding carboxylic acids is 2. The van der Waals surface area contributed by atoms with Crippen LogP contribution in [-0.4, -0.2) is 77.6 Å². The van der Waals surface area contributed by atoms with Gasteiger partial charge in [-0.05, 0) is 38.5 Å². The molecule has 1 aromatic rings. The van der Waals surface area contributed by atoms with Crippen LogP contribution in [0.25, 0.3) is 0 Å². The molecule has 0 aliphatic heterocycles. The summed E-state index contributed by atoms with van der Waals surface area (Å²) in [6.45, 7) is 8.22. The summed E-state index contributed by atoms with van der Waals surface area (Å²) in [5.41, 5.74) is 0.174. The number of rotatable bonds is 14. The number of alkyl carbamates (subject to hydrolysis) is 1. The van der Waals surface area contributed by atoms with Gasteiger partial charge in [-0.25, -0.2) is 9.59 Å². The van der Waals surface area contributed by atoms with Gasteiger partial charge in [-0.15, -0.1) is 0 Å². The van der Waals surface area contributed by atoms with Gasteiger partial charge in [-0.3, -0.25) is 0 Å². The molecular weight excluding hydrogens is 406 g/mol. The predicted molar refractivity (Wildman–Crippen MR) is 114 cm³/mol. The monoisotopic (exact) mass is 441 g/mol. The van der Waals surface area contributed by atoms with Crippen molar-refractivity contribution in [2.45, 2.75) is 38.8 Å². The van der Waals surface area contributed by atoms with Crippen LogP contribution < -0.4 is 10.1 Å². The van der Waals surface area contributed by atoms with Crippen molar-refractivity contribution in [1.82, 2.24) is 5.32 Å². The number of hydrogen-bond acceptors (Lipinski definition) is 8. The molecule has 0 saturated heterocycles. The third-order valence-corrected chi connectivity index (χ3v) is 3.84. The van der Waals surface area contributed by atoms with Gasteiger partial charge in [0.25, 0.3) is 0 Å². The second-order valence-corrected chi connectivity index (χ2v) is 7.64. The van der Waals surface area contributed by atoms with Crippen molar-refractivity contribution in [3.05, 3.63) is 29.8 Å². The van der Waals surface area contributed by atoms with Gasteiger partial charge in [0.15, 0.2) is 0 Å². The topological polar surface area (TPSA) is 102 Å². The SMILES string of the molecule is COCCOCCOCCOc1ccc(C[C@@H](NC(=O)OC(C)(C)C)C(=O)OC)cc1. The van der Waals surface area contributed by atoms with Gasteiger partial charge >= 0.3 is 12.1 Å². The van der Waals surface area contributed by atoms with Crippen molar-refractivity contribution >= 4 is 12.1 Å². The fourth-order valence-corrected chi connectivity index (χ4v) is 2.43. The van der Waals surface area contributed by atoms with Crippen LogP contribution in [0.1, 0.15) is 26.3 Å². The van der Waals surface area contributed by atoms with Crippen molar-refractivity contribution in [2.75, 3.05) is 53.9 Å². The van der Waals surface area contributed by atoms with Crippen LogP contribution >= 0.6 is 0 Å². The van der Waals surface area contributed by atoms with Crippen LogP contribution in [0.15, 0.2) is 24.3 Å². The fourth-order valence-electron chi connectivity index (χ4n) is 2.43. The van der Waals surface area contributed by atoms with E-state index in [2.05, 4.69) is 5.32 Å². The van der Waals surface area contributed by atoms with Gasteiger partial charge in [0, 0.05) is 13.5 Å². The van der Waals surface area contributed by atoms with Gasteiger partial charge in [-0.1, -0.05) is 12.1 Å². The lowest BCUT2D eigenvalue weighted by Gasteiger charge is -2.22. The Morgan fingerprint density at radius 1 is 0.903 bits per heavy atom. The molecule has 1 N–H and O–H groups in total. The molecule has 1 rings (SSSR count). The molecule has 1 aromatic carbocycles. The second kappa shape index (κ2) is 14.6. The Hall–Kier alpha value is -2.36. The smallest absolute Gasteiger partial charge is 0.408 e. The van der Waals surface area contributed by atoms with Crippen LogP contribution in [0.5, 0.6) is 5.75 Å². The molecule has 0 saturated carbocycles. The van der Waals surface area contributed by atoms with Crippen molar-refractivity contribution in [1.29, 1.82) is 0 Å². The molecule has 31 heavy (non-hydrogen) atoms. The summed E-state index contributed by atoms with van der Waals surface area (Å²) in [4.78, 5) is 24.0. The maximum atomic E-state index is 12.0. The summed E-state index contributed by atoms with van der Waals surface area (Å²) in [6, 6.07) is 6.39. The van der Waals surface area contributed by atoms with Crippen molar-refractivity contribution < 1.29 is 38.0 Å². The first-order chi connectivity index (χ1) is 14.7. The van der Waals surface area contributed by atoms with Gasteiger partial charge in [0.2, 0.25) is 0 Å². The minimum absolute atomic E-state index is 0.262. The quantitative estimate of drug-likeness (QED) is 0.347. The number of esters is 1. The molecule has 0 heterocycles. The minimum atomic E-state index is -0.855. The average molecular weight is 442 g/mol. The standard InChI is InChI=1S/C22H35NO8/c1-22(2,3)31-21(25)23-19(20(24)27-5)16-17-6-8-18(9-7-17)30-15-14-29-13-12-28-11-10-26-4/h6-9,19H,10-16H2,1-5H3,(H,23,25)/t19-/m1/s1. The van der Waals surface area contributed by atoms with E-state index in [-0.39, 0.29) is 6.42 Å². The van der Waals surface area contributed by atoms with E-state index >= 15 is 0 Å². The van der Waals surface area contributed by atoms with E-state index < -0.39 is 23.7 Å². The summed E-state index contributed by atoms with van der Waals surface area (Å²) in [5.74, 6) is 0.132. The average Bonchev–Trinajstić information content (AvgIpc) is 2.71. The highest BCUT2D eigenvalue weighted by molar-refractivity contribution is 5.81. The first-order valence-corrected chi connectivity index (χ1v) is 10.2. The lowest BCUT2D eigenvalue weighted by Crippen LogP contribution is -2.45. The Kier molecular flexibility index (Phi) is 12.6. The zero-order valence-corrected chi connectivity index (χ0v) is 19.1. The Balaban J connectivity index is 2.40. The van der Waals surface area contributed by atoms with E-state index in [1.807, 2.05) is 12.1 Å². The highest BCUT2D eigenvalue weighted by Gasteiger charge is 2.25. The second-order valence-electron chi connectivity index (χ2n) is 7.64. The maximum Gasteiger partial charge on any atom is 0.408 e. The third kappa shape index (κ3) is 12.8. The van der Waals surface area contributed by atoms with E-state index in [9.17, 15) is 9.59 Å². The first kappa shape index (κ1) is 26.7. The van der Waals surface area contributed by atoms with Crippen molar-refractivity contribution in [2.24, 2.45) is 0 Å². The summed E-state index contributed by atoms with van der Waals surface area (Å²) >= 11 is 0. The van der Waals surface area contributed by atoms with Crippen LogP contribution in [0.4, 0.5) is 4.79 Å². The zero-order valence-electron chi connectivity index (χ0n) is 19.1. The summed E-state index contributed by atoms with van der Waals surface area (Å²) in [5, 5.41) is 2.56. The molecule has 1 amide bonds.